The molecule has 0 unspecified atom stereocenters. The fourth-order valence-corrected chi connectivity index (χ4v) is 1.72. The van der Waals surface area contributed by atoms with E-state index in [0.29, 0.717) is 17.6 Å². The lowest BCUT2D eigenvalue weighted by molar-refractivity contribution is 0.292. The van der Waals surface area contributed by atoms with Gasteiger partial charge in [-0.3, -0.25) is 5.43 Å². The molecule has 0 bridgehead atoms. The first kappa shape index (κ1) is 15.3. The van der Waals surface area contributed by atoms with Crippen LogP contribution in [0.25, 0.3) is 0 Å². The van der Waals surface area contributed by atoms with Gasteiger partial charge in [0.2, 0.25) is 11.9 Å². The molecule has 1 heterocycles. The van der Waals surface area contributed by atoms with Crippen molar-refractivity contribution < 1.29 is 4.74 Å². The van der Waals surface area contributed by atoms with Crippen LogP contribution in [0.2, 0.25) is 5.02 Å². The Labute approximate surface area is 127 Å². The minimum Gasteiger partial charge on any atom is -0.463 e. The molecule has 0 amide bonds. The van der Waals surface area contributed by atoms with Crippen LogP contribution in [-0.4, -0.2) is 21.6 Å². The summed E-state index contributed by atoms with van der Waals surface area (Å²) in [5.74, 6) is 5.89. The largest absolute Gasteiger partial charge is 0.463 e. The highest BCUT2D eigenvalue weighted by Gasteiger charge is 2.08. The number of anilines is 3. The average Bonchev–Trinajstić information content (AvgIpc) is 2.48. The second-order valence-corrected chi connectivity index (χ2v) is 4.75. The number of hydrogen-bond donors (Lipinski definition) is 3. The van der Waals surface area contributed by atoms with Gasteiger partial charge in [-0.25, -0.2) is 5.84 Å². The molecule has 1 aromatic heterocycles. The Morgan fingerprint density at radius 2 is 2.00 bits per heavy atom. The first-order valence-electron chi connectivity index (χ1n) is 6.51. The van der Waals surface area contributed by atoms with Gasteiger partial charge in [0.05, 0.1) is 6.61 Å². The molecule has 7 nitrogen and oxygen atoms in total. The van der Waals surface area contributed by atoms with Crippen LogP contribution in [-0.2, 0) is 0 Å². The average molecular weight is 309 g/mol. The molecule has 112 valence electrons. The maximum absolute atomic E-state index is 6.09. The monoisotopic (exact) mass is 308 g/mol. The zero-order valence-electron chi connectivity index (χ0n) is 11.9. The van der Waals surface area contributed by atoms with Crippen LogP contribution in [0.3, 0.4) is 0 Å². The molecule has 0 saturated carbocycles. The van der Waals surface area contributed by atoms with Gasteiger partial charge in [-0.1, -0.05) is 24.6 Å². The third-order valence-electron chi connectivity index (χ3n) is 2.61. The van der Waals surface area contributed by atoms with Crippen molar-refractivity contribution in [3.05, 3.63) is 28.8 Å². The number of aromatic nitrogens is 3. The Morgan fingerprint density at radius 3 is 2.67 bits per heavy atom. The third-order valence-corrected chi connectivity index (χ3v) is 3.01. The maximum atomic E-state index is 6.09. The standard InChI is InChI=1S/C13H17ClN6O/c1-3-6-21-13-18-11(17-12(19-13)20-15)16-9-5-4-8(2)10(14)7-9/h4-5,7H,3,6,15H2,1-2H3,(H2,16,17,18,19,20). The summed E-state index contributed by atoms with van der Waals surface area (Å²) in [4.78, 5) is 12.3. The lowest BCUT2D eigenvalue weighted by atomic mass is 10.2. The highest BCUT2D eigenvalue weighted by Crippen LogP contribution is 2.22. The van der Waals surface area contributed by atoms with Gasteiger partial charge >= 0.3 is 6.01 Å². The second-order valence-electron chi connectivity index (χ2n) is 4.35. The van der Waals surface area contributed by atoms with Crippen LogP contribution in [0.5, 0.6) is 6.01 Å². The number of benzene rings is 1. The lowest BCUT2D eigenvalue weighted by Gasteiger charge is -2.09. The zero-order valence-corrected chi connectivity index (χ0v) is 12.6. The highest BCUT2D eigenvalue weighted by atomic mass is 35.5. The molecule has 21 heavy (non-hydrogen) atoms. The minimum atomic E-state index is 0.209. The SMILES string of the molecule is CCCOc1nc(NN)nc(Nc2ccc(C)c(Cl)c2)n1. The van der Waals surface area contributed by atoms with Gasteiger partial charge in [0, 0.05) is 10.7 Å². The van der Waals surface area contributed by atoms with Crippen molar-refractivity contribution in [1.82, 2.24) is 15.0 Å². The Balaban J connectivity index is 2.23. The Kier molecular flexibility index (Phi) is 5.13. The summed E-state index contributed by atoms with van der Waals surface area (Å²) in [6.45, 7) is 4.45. The molecule has 2 rings (SSSR count). The molecule has 1 aromatic carbocycles. The first-order chi connectivity index (χ1) is 10.1. The number of halogens is 1. The summed E-state index contributed by atoms with van der Waals surface area (Å²) in [6, 6.07) is 5.79. The normalized spacial score (nSPS) is 10.3. The van der Waals surface area contributed by atoms with Gasteiger partial charge in [-0.2, -0.15) is 15.0 Å². The number of ether oxygens (including phenoxy) is 1. The fraction of sp³-hybridized carbons (Fsp3) is 0.308. The number of hydrazine groups is 1. The van der Waals surface area contributed by atoms with E-state index in [0.717, 1.165) is 17.7 Å². The Bertz CT molecular complexity index is 622. The van der Waals surface area contributed by atoms with E-state index in [2.05, 4.69) is 25.7 Å². The number of hydrogen-bond acceptors (Lipinski definition) is 7. The van der Waals surface area contributed by atoms with E-state index in [9.17, 15) is 0 Å². The van der Waals surface area contributed by atoms with Crippen molar-refractivity contribution in [3.63, 3.8) is 0 Å². The molecule has 0 saturated heterocycles. The van der Waals surface area contributed by atoms with Gasteiger partial charge in [0.1, 0.15) is 0 Å². The van der Waals surface area contributed by atoms with Gasteiger partial charge in [-0.15, -0.1) is 0 Å². The van der Waals surface area contributed by atoms with Gasteiger partial charge in [0.15, 0.2) is 0 Å². The summed E-state index contributed by atoms with van der Waals surface area (Å²) >= 11 is 6.09. The Morgan fingerprint density at radius 1 is 1.24 bits per heavy atom. The van der Waals surface area contributed by atoms with E-state index >= 15 is 0 Å². The minimum absolute atomic E-state index is 0.209. The molecule has 0 atom stereocenters. The fourth-order valence-electron chi connectivity index (χ4n) is 1.53. The Hall–Kier alpha value is -2.12. The van der Waals surface area contributed by atoms with E-state index in [1.807, 2.05) is 26.0 Å². The molecular formula is C13H17ClN6O. The van der Waals surface area contributed by atoms with Crippen molar-refractivity contribution in [2.45, 2.75) is 20.3 Å². The first-order valence-corrected chi connectivity index (χ1v) is 6.89. The molecular weight excluding hydrogens is 292 g/mol. The molecule has 0 spiro atoms. The van der Waals surface area contributed by atoms with Crippen LogP contribution in [0, 0.1) is 6.92 Å². The predicted molar refractivity (Wildman–Crippen MR) is 82.9 cm³/mol. The number of nitrogen functional groups attached to an aromatic ring is 1. The van der Waals surface area contributed by atoms with Gasteiger partial charge in [-0.05, 0) is 31.0 Å². The number of nitrogens with zero attached hydrogens (tertiary/aromatic N) is 3. The van der Waals surface area contributed by atoms with Crippen molar-refractivity contribution in [1.29, 1.82) is 0 Å². The van der Waals surface area contributed by atoms with Crippen molar-refractivity contribution in [3.8, 4) is 6.01 Å². The van der Waals surface area contributed by atoms with E-state index in [-0.39, 0.29) is 12.0 Å². The zero-order chi connectivity index (χ0) is 15.2. The number of aryl methyl sites for hydroxylation is 1. The summed E-state index contributed by atoms with van der Waals surface area (Å²) in [5.41, 5.74) is 4.14. The molecule has 2 aromatic rings. The van der Waals surface area contributed by atoms with Crippen molar-refractivity contribution in [2.75, 3.05) is 17.3 Å². The smallest absolute Gasteiger partial charge is 0.323 e. The van der Waals surface area contributed by atoms with E-state index in [1.165, 1.54) is 0 Å². The van der Waals surface area contributed by atoms with Crippen molar-refractivity contribution in [2.24, 2.45) is 5.84 Å². The number of nitrogens with one attached hydrogen (secondary N) is 2. The third kappa shape index (κ3) is 4.17. The molecule has 0 aliphatic heterocycles. The molecule has 0 aliphatic rings. The topological polar surface area (TPSA) is 98.0 Å². The van der Waals surface area contributed by atoms with Crippen LogP contribution < -0.4 is 21.3 Å². The summed E-state index contributed by atoms with van der Waals surface area (Å²) < 4.78 is 5.40. The summed E-state index contributed by atoms with van der Waals surface area (Å²) in [7, 11) is 0. The summed E-state index contributed by atoms with van der Waals surface area (Å²) in [6.07, 6.45) is 0.855. The van der Waals surface area contributed by atoms with Crippen molar-refractivity contribution >= 4 is 29.2 Å². The van der Waals surface area contributed by atoms with E-state index in [1.54, 1.807) is 6.07 Å². The lowest BCUT2D eigenvalue weighted by Crippen LogP contribution is -2.13. The van der Waals surface area contributed by atoms with Gasteiger partial charge in [0.25, 0.3) is 0 Å². The molecule has 4 N–H and O–H groups in total. The van der Waals surface area contributed by atoms with E-state index in [4.69, 9.17) is 22.2 Å². The molecule has 0 fully saturated rings. The van der Waals surface area contributed by atoms with E-state index < -0.39 is 0 Å². The number of nitrogens with two attached hydrogens (primary N) is 1. The summed E-state index contributed by atoms with van der Waals surface area (Å²) in [5, 5.41) is 3.70. The second kappa shape index (κ2) is 7.05. The van der Waals surface area contributed by atoms with Crippen LogP contribution in [0.4, 0.5) is 17.6 Å². The molecule has 0 aliphatic carbocycles. The van der Waals surface area contributed by atoms with Crippen LogP contribution in [0.15, 0.2) is 18.2 Å². The maximum Gasteiger partial charge on any atom is 0.323 e. The number of rotatable bonds is 6. The van der Waals surface area contributed by atoms with Gasteiger partial charge < -0.3 is 10.1 Å². The predicted octanol–water partition coefficient (Wildman–Crippen LogP) is 2.65. The van der Waals surface area contributed by atoms with Crippen LogP contribution >= 0.6 is 11.6 Å². The molecule has 0 radical (unpaired) electrons. The molecule has 8 heteroatoms. The highest BCUT2D eigenvalue weighted by molar-refractivity contribution is 6.31. The van der Waals surface area contributed by atoms with Crippen LogP contribution in [0.1, 0.15) is 18.9 Å². The quantitative estimate of drug-likeness (QED) is 0.557.